The highest BCUT2D eigenvalue weighted by Gasteiger charge is 2.31. The lowest BCUT2D eigenvalue weighted by molar-refractivity contribution is -0.137. The van der Waals surface area contributed by atoms with Gasteiger partial charge in [-0.1, -0.05) is 42.0 Å². The molecule has 1 saturated heterocycles. The fourth-order valence-electron chi connectivity index (χ4n) is 3.90. The Hall–Kier alpha value is -2.85. The third-order valence-electron chi connectivity index (χ3n) is 5.60. The molecule has 2 aromatic carbocycles. The van der Waals surface area contributed by atoms with E-state index in [9.17, 15) is 22.4 Å². The standard InChI is InChI=1S/C23H22F4N4OS/c24-18-10-4-15(5-11-18)13-28-21(32)22-30-29-20(33-22)14-31-12-2-1-3-19(31)16-6-8-17(9-7-16)23(25,26)27/h4-11,19H,1-3,12-14H2,(H,28,32). The van der Waals surface area contributed by atoms with E-state index >= 15 is 0 Å². The third kappa shape index (κ3) is 5.94. The van der Waals surface area contributed by atoms with Crippen LogP contribution in [0.4, 0.5) is 17.6 Å². The fourth-order valence-corrected chi connectivity index (χ4v) is 4.68. The van der Waals surface area contributed by atoms with Crippen LogP contribution in [0, 0.1) is 5.82 Å². The van der Waals surface area contributed by atoms with E-state index < -0.39 is 11.7 Å². The number of hydrogen-bond donors (Lipinski definition) is 1. The molecule has 2 heterocycles. The Morgan fingerprint density at radius 3 is 2.48 bits per heavy atom. The average Bonchev–Trinajstić information content (AvgIpc) is 3.27. The number of nitrogens with zero attached hydrogens (tertiary/aromatic N) is 3. The summed E-state index contributed by atoms with van der Waals surface area (Å²) in [5.41, 5.74) is 0.945. The predicted octanol–water partition coefficient (Wildman–Crippen LogP) is 5.35. The number of hydrogen-bond acceptors (Lipinski definition) is 5. The van der Waals surface area contributed by atoms with Crippen LogP contribution >= 0.6 is 11.3 Å². The summed E-state index contributed by atoms with van der Waals surface area (Å²) in [6.45, 7) is 1.50. The van der Waals surface area contributed by atoms with Crippen LogP contribution in [0.1, 0.15) is 56.8 Å². The van der Waals surface area contributed by atoms with Crippen LogP contribution in [-0.2, 0) is 19.3 Å². The van der Waals surface area contributed by atoms with Gasteiger partial charge < -0.3 is 5.32 Å². The Balaban J connectivity index is 1.39. The highest BCUT2D eigenvalue weighted by Crippen LogP contribution is 2.35. The van der Waals surface area contributed by atoms with Crippen LogP contribution in [0.25, 0.3) is 0 Å². The van der Waals surface area contributed by atoms with Crippen molar-refractivity contribution in [2.45, 2.75) is 44.6 Å². The second kappa shape index (κ2) is 9.96. The van der Waals surface area contributed by atoms with Gasteiger partial charge in [-0.25, -0.2) is 4.39 Å². The molecule has 0 saturated carbocycles. The topological polar surface area (TPSA) is 58.1 Å². The highest BCUT2D eigenvalue weighted by atomic mass is 32.1. The van der Waals surface area contributed by atoms with E-state index in [-0.39, 0.29) is 29.3 Å². The molecule has 1 aliphatic rings. The summed E-state index contributed by atoms with van der Waals surface area (Å²) in [5, 5.41) is 11.8. The molecule has 1 aromatic heterocycles. The smallest absolute Gasteiger partial charge is 0.346 e. The van der Waals surface area contributed by atoms with Crippen LogP contribution in [0.15, 0.2) is 48.5 Å². The van der Waals surface area contributed by atoms with Gasteiger partial charge in [0, 0.05) is 12.6 Å². The summed E-state index contributed by atoms with van der Waals surface area (Å²) in [6.07, 6.45) is -1.53. The van der Waals surface area contributed by atoms with E-state index in [1.165, 1.54) is 23.5 Å². The maximum absolute atomic E-state index is 13.0. The lowest BCUT2D eigenvalue weighted by atomic mass is 9.94. The molecule has 1 N–H and O–H groups in total. The van der Waals surface area contributed by atoms with Crippen LogP contribution in [0.5, 0.6) is 0 Å². The van der Waals surface area contributed by atoms with E-state index in [1.54, 1.807) is 24.3 Å². The van der Waals surface area contributed by atoms with Crippen LogP contribution in [0.2, 0.25) is 0 Å². The normalized spacial score (nSPS) is 17.2. The van der Waals surface area contributed by atoms with Crippen LogP contribution in [0.3, 0.4) is 0 Å². The summed E-state index contributed by atoms with van der Waals surface area (Å²) in [5.74, 6) is -0.702. The lowest BCUT2D eigenvalue weighted by Crippen LogP contribution is -2.32. The van der Waals surface area contributed by atoms with Crippen LogP contribution in [-0.4, -0.2) is 27.5 Å². The van der Waals surface area contributed by atoms with Gasteiger partial charge in [-0.3, -0.25) is 9.69 Å². The number of halogens is 4. The molecule has 10 heteroatoms. The second-order valence-electron chi connectivity index (χ2n) is 7.91. The summed E-state index contributed by atoms with van der Waals surface area (Å²) < 4.78 is 51.7. The second-order valence-corrected chi connectivity index (χ2v) is 8.97. The molecule has 1 aliphatic heterocycles. The molecule has 0 aliphatic carbocycles. The largest absolute Gasteiger partial charge is 0.416 e. The SMILES string of the molecule is O=C(NCc1ccc(F)cc1)c1nnc(CN2CCCCC2c2ccc(C(F)(F)F)cc2)s1. The van der Waals surface area contributed by atoms with Gasteiger partial charge >= 0.3 is 6.18 Å². The number of carbonyl (C=O) groups excluding carboxylic acids is 1. The number of likely N-dealkylation sites (tertiary alicyclic amines) is 1. The number of benzene rings is 2. The van der Waals surface area contributed by atoms with Crippen molar-refractivity contribution in [3.8, 4) is 0 Å². The van der Waals surface area contributed by atoms with Crippen LogP contribution < -0.4 is 5.32 Å². The van der Waals surface area contributed by atoms with Crippen molar-refractivity contribution in [2.75, 3.05) is 6.54 Å². The number of alkyl halides is 3. The lowest BCUT2D eigenvalue weighted by Gasteiger charge is -2.35. The van der Waals surface area contributed by atoms with Crippen molar-refractivity contribution in [3.05, 3.63) is 81.1 Å². The van der Waals surface area contributed by atoms with Crippen molar-refractivity contribution in [2.24, 2.45) is 0 Å². The van der Waals surface area contributed by atoms with Crippen molar-refractivity contribution >= 4 is 17.2 Å². The molecule has 33 heavy (non-hydrogen) atoms. The van der Waals surface area contributed by atoms with Gasteiger partial charge in [-0.05, 0) is 54.8 Å². The van der Waals surface area contributed by atoms with E-state index in [0.717, 1.165) is 49.1 Å². The van der Waals surface area contributed by atoms with E-state index in [0.29, 0.717) is 11.6 Å². The molecular weight excluding hydrogens is 456 g/mol. The van der Waals surface area contributed by atoms with Gasteiger partial charge in [0.2, 0.25) is 5.01 Å². The Kier molecular flexibility index (Phi) is 7.04. The first-order valence-electron chi connectivity index (χ1n) is 10.6. The zero-order valence-electron chi connectivity index (χ0n) is 17.6. The number of rotatable bonds is 6. The van der Waals surface area contributed by atoms with Crippen molar-refractivity contribution in [1.82, 2.24) is 20.4 Å². The quantitative estimate of drug-likeness (QED) is 0.485. The average molecular weight is 479 g/mol. The van der Waals surface area contributed by atoms with Crippen molar-refractivity contribution < 1.29 is 22.4 Å². The highest BCUT2D eigenvalue weighted by molar-refractivity contribution is 7.13. The van der Waals surface area contributed by atoms with E-state index in [1.807, 2.05) is 0 Å². The number of piperidine rings is 1. The van der Waals surface area contributed by atoms with Gasteiger partial charge in [0.1, 0.15) is 10.8 Å². The summed E-state index contributed by atoms with van der Waals surface area (Å²) in [7, 11) is 0. The maximum Gasteiger partial charge on any atom is 0.416 e. The molecule has 1 atom stereocenters. The molecule has 3 aromatic rings. The minimum absolute atomic E-state index is 0.0133. The fraction of sp³-hybridized carbons (Fsp3) is 0.348. The number of amides is 1. The third-order valence-corrected chi connectivity index (χ3v) is 6.51. The number of aromatic nitrogens is 2. The van der Waals surface area contributed by atoms with E-state index in [2.05, 4.69) is 20.4 Å². The summed E-state index contributed by atoms with van der Waals surface area (Å²) >= 11 is 1.19. The number of carbonyl (C=O) groups is 1. The molecular formula is C23H22F4N4OS. The van der Waals surface area contributed by atoms with E-state index in [4.69, 9.17) is 0 Å². The Morgan fingerprint density at radius 1 is 1.06 bits per heavy atom. The molecule has 174 valence electrons. The first-order valence-corrected chi connectivity index (χ1v) is 11.4. The predicted molar refractivity (Wildman–Crippen MR) is 116 cm³/mol. The maximum atomic E-state index is 13.0. The first-order chi connectivity index (χ1) is 15.8. The Bertz CT molecular complexity index is 1080. The Morgan fingerprint density at radius 2 is 1.79 bits per heavy atom. The van der Waals surface area contributed by atoms with Gasteiger partial charge in [-0.2, -0.15) is 13.2 Å². The zero-order chi connectivity index (χ0) is 23.4. The van der Waals surface area contributed by atoms with Gasteiger partial charge in [0.25, 0.3) is 5.91 Å². The van der Waals surface area contributed by atoms with Gasteiger partial charge in [-0.15, -0.1) is 10.2 Å². The molecule has 5 nitrogen and oxygen atoms in total. The van der Waals surface area contributed by atoms with Gasteiger partial charge in [0.05, 0.1) is 12.1 Å². The van der Waals surface area contributed by atoms with Crippen molar-refractivity contribution in [3.63, 3.8) is 0 Å². The molecule has 1 unspecified atom stereocenters. The molecule has 1 fully saturated rings. The van der Waals surface area contributed by atoms with Crippen molar-refractivity contribution in [1.29, 1.82) is 0 Å². The molecule has 4 rings (SSSR count). The minimum atomic E-state index is -4.36. The first kappa shape index (κ1) is 23.3. The zero-order valence-corrected chi connectivity index (χ0v) is 18.4. The molecule has 1 amide bonds. The monoisotopic (exact) mass is 478 g/mol. The molecule has 0 bridgehead atoms. The summed E-state index contributed by atoms with van der Waals surface area (Å²) in [4.78, 5) is 14.6. The Labute approximate surface area is 192 Å². The summed E-state index contributed by atoms with van der Waals surface area (Å²) in [6, 6.07) is 11.2. The molecule has 0 radical (unpaired) electrons. The number of nitrogens with one attached hydrogen (secondary N) is 1. The minimum Gasteiger partial charge on any atom is -0.346 e. The molecule has 0 spiro atoms. The van der Waals surface area contributed by atoms with Gasteiger partial charge in [0.15, 0.2) is 0 Å².